The standard InChI is InChI=1S/C23H26N4O2/c1-15-21-19(12-20(17-9-10-17)25-23(21)29-26-15)22(28)24-18-8-5-11-27(14-18)13-16-6-3-2-4-7-16/h2-4,6-7,12,17-18H,5,8-11,13-14H2,1H3,(H,24,28)/t18-/m1/s1. The predicted octanol–water partition coefficient (Wildman–Crippen LogP) is 3.80. The molecule has 150 valence electrons. The van der Waals surface area contributed by atoms with E-state index in [1.165, 1.54) is 5.56 Å². The Hall–Kier alpha value is -2.73. The van der Waals surface area contributed by atoms with E-state index in [2.05, 4.69) is 44.6 Å². The molecule has 29 heavy (non-hydrogen) atoms. The number of pyridine rings is 1. The van der Waals surface area contributed by atoms with Crippen LogP contribution >= 0.6 is 0 Å². The van der Waals surface area contributed by atoms with Gasteiger partial charge in [-0.15, -0.1) is 0 Å². The highest BCUT2D eigenvalue weighted by atomic mass is 16.5. The average molecular weight is 390 g/mol. The molecule has 0 unspecified atom stereocenters. The first kappa shape index (κ1) is 18.3. The van der Waals surface area contributed by atoms with Crippen LogP contribution in [0.2, 0.25) is 0 Å². The van der Waals surface area contributed by atoms with E-state index in [4.69, 9.17) is 4.52 Å². The molecule has 1 amide bonds. The van der Waals surface area contributed by atoms with E-state index in [-0.39, 0.29) is 11.9 Å². The summed E-state index contributed by atoms with van der Waals surface area (Å²) in [7, 11) is 0. The van der Waals surface area contributed by atoms with Gasteiger partial charge in [0.2, 0.25) is 0 Å². The monoisotopic (exact) mass is 390 g/mol. The second kappa shape index (κ2) is 7.59. The highest BCUT2D eigenvalue weighted by Crippen LogP contribution is 2.40. The summed E-state index contributed by atoms with van der Waals surface area (Å²) >= 11 is 0. The van der Waals surface area contributed by atoms with Crippen LogP contribution in [0.5, 0.6) is 0 Å². The van der Waals surface area contributed by atoms with Crippen molar-refractivity contribution in [3.63, 3.8) is 0 Å². The lowest BCUT2D eigenvalue weighted by Crippen LogP contribution is -2.47. The Balaban J connectivity index is 1.33. The zero-order valence-corrected chi connectivity index (χ0v) is 16.7. The Labute approximate surface area is 170 Å². The van der Waals surface area contributed by atoms with Crippen LogP contribution in [0.3, 0.4) is 0 Å². The normalized spacial score (nSPS) is 20.1. The number of hydrogen-bond donors (Lipinski definition) is 1. The first-order valence-electron chi connectivity index (χ1n) is 10.5. The van der Waals surface area contributed by atoms with Gasteiger partial charge in [-0.1, -0.05) is 35.5 Å². The lowest BCUT2D eigenvalue weighted by Gasteiger charge is -2.33. The van der Waals surface area contributed by atoms with Crippen molar-refractivity contribution in [2.24, 2.45) is 0 Å². The molecule has 2 aliphatic rings. The molecule has 1 atom stereocenters. The smallest absolute Gasteiger partial charge is 0.259 e. The highest BCUT2D eigenvalue weighted by Gasteiger charge is 2.29. The van der Waals surface area contributed by atoms with E-state index in [1.54, 1.807) is 0 Å². The second-order valence-electron chi connectivity index (χ2n) is 8.35. The lowest BCUT2D eigenvalue weighted by atomic mass is 10.0. The summed E-state index contributed by atoms with van der Waals surface area (Å²) in [6.07, 6.45) is 4.35. The first-order chi connectivity index (χ1) is 14.2. The van der Waals surface area contributed by atoms with Crippen molar-refractivity contribution in [3.05, 3.63) is 58.9 Å². The topological polar surface area (TPSA) is 71.3 Å². The molecule has 5 rings (SSSR count). The summed E-state index contributed by atoms with van der Waals surface area (Å²) in [5.74, 6) is 0.407. The third-order valence-corrected chi connectivity index (χ3v) is 5.97. The van der Waals surface area contributed by atoms with Gasteiger partial charge in [-0.25, -0.2) is 4.98 Å². The molecular weight excluding hydrogens is 364 g/mol. The van der Waals surface area contributed by atoms with Crippen LogP contribution in [0.4, 0.5) is 0 Å². The summed E-state index contributed by atoms with van der Waals surface area (Å²) in [5.41, 5.74) is 4.11. The number of carbonyl (C=O) groups is 1. The van der Waals surface area contributed by atoms with E-state index in [9.17, 15) is 4.79 Å². The fraction of sp³-hybridized carbons (Fsp3) is 0.435. The van der Waals surface area contributed by atoms with E-state index >= 15 is 0 Å². The Morgan fingerprint density at radius 1 is 1.24 bits per heavy atom. The van der Waals surface area contributed by atoms with E-state index in [1.807, 2.05) is 19.1 Å². The summed E-state index contributed by atoms with van der Waals surface area (Å²) in [6.45, 7) is 4.72. The number of aryl methyl sites for hydroxylation is 1. The minimum absolute atomic E-state index is 0.0443. The summed E-state index contributed by atoms with van der Waals surface area (Å²) in [4.78, 5) is 20.2. The van der Waals surface area contributed by atoms with Crippen LogP contribution in [-0.2, 0) is 6.54 Å². The molecule has 1 aliphatic heterocycles. The van der Waals surface area contributed by atoms with Crippen molar-refractivity contribution >= 4 is 17.0 Å². The number of nitrogens with zero attached hydrogens (tertiary/aromatic N) is 3. The number of benzene rings is 1. The van der Waals surface area contributed by atoms with E-state index in [0.29, 0.717) is 22.9 Å². The Morgan fingerprint density at radius 2 is 2.07 bits per heavy atom. The van der Waals surface area contributed by atoms with Gasteiger partial charge in [0.1, 0.15) is 0 Å². The summed E-state index contributed by atoms with van der Waals surface area (Å²) < 4.78 is 5.38. The third kappa shape index (κ3) is 3.90. The molecule has 3 aromatic rings. The van der Waals surface area contributed by atoms with Gasteiger partial charge in [0.25, 0.3) is 11.6 Å². The lowest BCUT2D eigenvalue weighted by molar-refractivity contribution is 0.0902. The maximum atomic E-state index is 13.2. The van der Waals surface area contributed by atoms with Gasteiger partial charge in [-0.05, 0) is 50.8 Å². The van der Waals surface area contributed by atoms with E-state index in [0.717, 1.165) is 56.4 Å². The van der Waals surface area contributed by atoms with Crippen molar-refractivity contribution < 1.29 is 9.32 Å². The SMILES string of the molecule is Cc1noc2nc(C3CC3)cc(C(=O)N[C@@H]3CCCN(Cc4ccccc4)C3)c12. The molecule has 1 saturated carbocycles. The number of piperidine rings is 1. The fourth-order valence-corrected chi connectivity index (χ4v) is 4.30. The number of hydrogen-bond acceptors (Lipinski definition) is 5. The molecule has 6 heteroatoms. The molecule has 0 spiro atoms. The minimum Gasteiger partial charge on any atom is -0.348 e. The number of aromatic nitrogens is 2. The number of fused-ring (bicyclic) bond motifs is 1. The molecule has 6 nitrogen and oxygen atoms in total. The Kier molecular flexibility index (Phi) is 4.79. The summed E-state index contributed by atoms with van der Waals surface area (Å²) in [6, 6.07) is 12.6. The van der Waals surface area contributed by atoms with Crippen LogP contribution < -0.4 is 5.32 Å². The van der Waals surface area contributed by atoms with Gasteiger partial charge >= 0.3 is 0 Å². The van der Waals surface area contributed by atoms with Crippen LogP contribution in [0.15, 0.2) is 40.9 Å². The van der Waals surface area contributed by atoms with Crippen LogP contribution in [0.1, 0.15) is 58.9 Å². The molecular formula is C23H26N4O2. The van der Waals surface area contributed by atoms with Crippen molar-refractivity contribution in [1.29, 1.82) is 0 Å². The van der Waals surface area contributed by atoms with Gasteiger partial charge in [0, 0.05) is 30.7 Å². The maximum absolute atomic E-state index is 13.2. The average Bonchev–Trinajstić information content (AvgIpc) is 3.52. The third-order valence-electron chi connectivity index (χ3n) is 5.97. The van der Waals surface area contributed by atoms with Crippen molar-refractivity contribution in [2.45, 2.75) is 51.1 Å². The highest BCUT2D eigenvalue weighted by molar-refractivity contribution is 6.06. The molecule has 1 saturated heterocycles. The number of likely N-dealkylation sites (tertiary alicyclic amines) is 1. The van der Waals surface area contributed by atoms with Gasteiger partial charge < -0.3 is 9.84 Å². The summed E-state index contributed by atoms with van der Waals surface area (Å²) in [5, 5.41) is 8.05. The number of amides is 1. The van der Waals surface area contributed by atoms with Crippen molar-refractivity contribution in [2.75, 3.05) is 13.1 Å². The van der Waals surface area contributed by atoms with Gasteiger partial charge in [0.05, 0.1) is 16.6 Å². The van der Waals surface area contributed by atoms with Gasteiger partial charge in [0.15, 0.2) is 0 Å². The molecule has 0 radical (unpaired) electrons. The van der Waals surface area contributed by atoms with Crippen molar-refractivity contribution in [1.82, 2.24) is 20.4 Å². The maximum Gasteiger partial charge on any atom is 0.259 e. The van der Waals surface area contributed by atoms with Crippen LogP contribution in [0.25, 0.3) is 11.1 Å². The first-order valence-corrected chi connectivity index (χ1v) is 10.5. The fourth-order valence-electron chi connectivity index (χ4n) is 4.30. The molecule has 2 fully saturated rings. The van der Waals surface area contributed by atoms with Crippen LogP contribution in [-0.4, -0.2) is 40.1 Å². The number of rotatable bonds is 5. The molecule has 1 aromatic carbocycles. The largest absolute Gasteiger partial charge is 0.348 e. The number of carbonyl (C=O) groups excluding carboxylic acids is 1. The zero-order valence-electron chi connectivity index (χ0n) is 16.7. The predicted molar refractivity (Wildman–Crippen MR) is 111 cm³/mol. The Bertz CT molecular complexity index is 1030. The van der Waals surface area contributed by atoms with Gasteiger partial charge in [-0.3, -0.25) is 9.69 Å². The molecule has 0 bridgehead atoms. The van der Waals surface area contributed by atoms with Gasteiger partial charge in [-0.2, -0.15) is 0 Å². The van der Waals surface area contributed by atoms with E-state index < -0.39 is 0 Å². The Morgan fingerprint density at radius 3 is 2.86 bits per heavy atom. The second-order valence-corrected chi connectivity index (χ2v) is 8.35. The molecule has 1 aliphatic carbocycles. The minimum atomic E-state index is -0.0443. The molecule has 1 N–H and O–H groups in total. The molecule has 3 heterocycles. The number of nitrogens with one attached hydrogen (secondary N) is 1. The van der Waals surface area contributed by atoms with Crippen LogP contribution in [0, 0.1) is 6.92 Å². The van der Waals surface area contributed by atoms with Crippen molar-refractivity contribution in [3.8, 4) is 0 Å². The zero-order chi connectivity index (χ0) is 19.8. The quantitative estimate of drug-likeness (QED) is 0.717. The molecule has 2 aromatic heterocycles.